The third-order valence-corrected chi connectivity index (χ3v) is 6.11. The average Bonchev–Trinajstić information content (AvgIpc) is 2.85. The maximum absolute atomic E-state index is 13.7. The number of fused-ring (bicyclic) bond motifs is 1. The Morgan fingerprint density at radius 2 is 1.68 bits per heavy atom. The molecular formula is C26H28O11. The Morgan fingerprint density at radius 3 is 2.30 bits per heavy atom. The lowest BCUT2D eigenvalue weighted by atomic mass is 9.99. The van der Waals surface area contributed by atoms with Crippen LogP contribution in [0.5, 0.6) is 23.0 Å². The van der Waals surface area contributed by atoms with Gasteiger partial charge in [0.15, 0.2) is 5.76 Å². The number of ether oxygens (including phenoxy) is 2. The number of hydrogen-bond donors (Lipinski definition) is 7. The van der Waals surface area contributed by atoms with E-state index in [1.807, 2.05) is 13.8 Å². The van der Waals surface area contributed by atoms with Crippen LogP contribution >= 0.6 is 0 Å². The molecule has 4 rings (SSSR count). The summed E-state index contributed by atoms with van der Waals surface area (Å²) in [5, 5.41) is 70.6. The van der Waals surface area contributed by atoms with Crippen LogP contribution in [0, 0.1) is 0 Å². The molecule has 0 amide bonds. The average molecular weight is 516 g/mol. The maximum atomic E-state index is 13.7. The minimum atomic E-state index is -1.82. The fraction of sp³-hybridized carbons (Fsp3) is 0.346. The van der Waals surface area contributed by atoms with Crippen LogP contribution in [0.4, 0.5) is 0 Å². The molecule has 198 valence electrons. The normalized spacial score (nSPS) is 23.7. The van der Waals surface area contributed by atoms with Crippen molar-refractivity contribution in [2.75, 3.05) is 6.61 Å². The second-order valence-electron chi connectivity index (χ2n) is 9.03. The van der Waals surface area contributed by atoms with Gasteiger partial charge in [-0.25, -0.2) is 0 Å². The van der Waals surface area contributed by atoms with Crippen molar-refractivity contribution < 1.29 is 49.6 Å². The first-order chi connectivity index (χ1) is 17.5. The number of hydrogen-bond acceptors (Lipinski definition) is 11. The highest BCUT2D eigenvalue weighted by molar-refractivity contribution is 5.91. The molecule has 0 saturated carbocycles. The van der Waals surface area contributed by atoms with E-state index in [1.165, 1.54) is 24.3 Å². The van der Waals surface area contributed by atoms with Crippen LogP contribution in [0.1, 0.15) is 19.4 Å². The summed E-state index contributed by atoms with van der Waals surface area (Å²) in [6, 6.07) is 6.53. The number of aliphatic hydroxyl groups is 4. The van der Waals surface area contributed by atoms with Crippen molar-refractivity contribution in [2.24, 2.45) is 0 Å². The zero-order chi connectivity index (χ0) is 27.0. The van der Waals surface area contributed by atoms with Crippen molar-refractivity contribution in [3.8, 4) is 34.3 Å². The summed E-state index contributed by atoms with van der Waals surface area (Å²) in [6.45, 7) is 2.99. The van der Waals surface area contributed by atoms with E-state index in [4.69, 9.17) is 13.9 Å². The molecule has 1 aromatic heterocycles. The van der Waals surface area contributed by atoms with Crippen molar-refractivity contribution in [1.29, 1.82) is 0 Å². The molecule has 11 nitrogen and oxygen atoms in total. The van der Waals surface area contributed by atoms with Gasteiger partial charge >= 0.3 is 0 Å². The first-order valence-electron chi connectivity index (χ1n) is 11.5. The van der Waals surface area contributed by atoms with Crippen LogP contribution < -0.4 is 10.2 Å². The van der Waals surface area contributed by atoms with Crippen molar-refractivity contribution in [1.82, 2.24) is 0 Å². The number of aromatic hydroxyl groups is 3. The van der Waals surface area contributed by atoms with Gasteiger partial charge in [0.25, 0.3) is 0 Å². The molecule has 1 fully saturated rings. The molecular weight excluding hydrogens is 488 g/mol. The van der Waals surface area contributed by atoms with Crippen molar-refractivity contribution in [2.45, 2.75) is 51.0 Å². The third kappa shape index (κ3) is 4.99. The van der Waals surface area contributed by atoms with E-state index < -0.39 is 54.2 Å². The van der Waals surface area contributed by atoms with Gasteiger partial charge in [-0.3, -0.25) is 4.79 Å². The fourth-order valence-corrected chi connectivity index (χ4v) is 4.06. The second-order valence-corrected chi connectivity index (χ2v) is 9.03. The summed E-state index contributed by atoms with van der Waals surface area (Å²) in [4.78, 5) is 13.7. The van der Waals surface area contributed by atoms with Gasteiger partial charge in [0.05, 0.1) is 6.61 Å². The number of rotatable bonds is 6. The fourth-order valence-electron chi connectivity index (χ4n) is 4.06. The quantitative estimate of drug-likeness (QED) is 0.234. The minimum Gasteiger partial charge on any atom is -0.508 e. The van der Waals surface area contributed by atoms with Crippen LogP contribution in [0.3, 0.4) is 0 Å². The molecule has 3 aromatic rings. The van der Waals surface area contributed by atoms with Crippen molar-refractivity contribution >= 4 is 11.0 Å². The topological polar surface area (TPSA) is 190 Å². The van der Waals surface area contributed by atoms with E-state index in [-0.39, 0.29) is 45.8 Å². The molecule has 5 atom stereocenters. The Morgan fingerprint density at radius 1 is 1.00 bits per heavy atom. The first kappa shape index (κ1) is 26.5. The minimum absolute atomic E-state index is 0.0668. The summed E-state index contributed by atoms with van der Waals surface area (Å²) in [5.74, 6) is -1.65. The SMILES string of the molecule is CC(C)=CCc1c(O)cc(O)c2c(=O)c(O[C@@H]3O[C@@H](CO)[C@H](O)[C@H](O)[C@@H]3O)c(-c3ccc(O)cc3)oc12. The molecule has 7 N–H and O–H groups in total. The largest absolute Gasteiger partial charge is 0.508 e. The second kappa shape index (κ2) is 10.4. The smallest absolute Gasteiger partial charge is 0.239 e. The predicted octanol–water partition coefficient (Wildman–Crippen LogP) is 1.26. The summed E-state index contributed by atoms with van der Waals surface area (Å²) in [7, 11) is 0. The maximum Gasteiger partial charge on any atom is 0.239 e. The molecule has 0 unspecified atom stereocenters. The van der Waals surface area contributed by atoms with E-state index in [9.17, 15) is 40.5 Å². The molecule has 0 bridgehead atoms. The van der Waals surface area contributed by atoms with Gasteiger partial charge in [-0.05, 0) is 44.5 Å². The third-order valence-electron chi connectivity index (χ3n) is 6.11. The van der Waals surface area contributed by atoms with E-state index in [2.05, 4.69) is 0 Å². The lowest BCUT2D eigenvalue weighted by Gasteiger charge is -2.39. The first-order valence-corrected chi connectivity index (χ1v) is 11.5. The Hall–Kier alpha value is -3.61. The van der Waals surface area contributed by atoms with Gasteiger partial charge < -0.3 is 49.6 Å². The Bertz CT molecular complexity index is 1370. The van der Waals surface area contributed by atoms with E-state index >= 15 is 0 Å². The van der Waals surface area contributed by atoms with Crippen LogP contribution in [-0.2, 0) is 11.2 Å². The number of phenolic OH excluding ortho intramolecular Hbond substituents is 3. The number of aliphatic hydroxyl groups excluding tert-OH is 4. The zero-order valence-electron chi connectivity index (χ0n) is 20.0. The number of allylic oxidation sites excluding steroid dienone is 2. The molecule has 0 aliphatic carbocycles. The van der Waals surface area contributed by atoms with Crippen molar-refractivity contribution in [3.63, 3.8) is 0 Å². The van der Waals surface area contributed by atoms with Gasteiger partial charge in [0.1, 0.15) is 52.6 Å². The Balaban J connectivity index is 1.96. The molecule has 11 heteroatoms. The molecule has 2 heterocycles. The zero-order valence-corrected chi connectivity index (χ0v) is 20.0. The molecule has 0 radical (unpaired) electrons. The standard InChI is InChI=1S/C26H28O11/c1-11(2)3-8-14-15(29)9-16(30)18-20(32)25(23(36-24(14)18)12-4-6-13(28)7-5-12)37-26-22(34)21(33)19(31)17(10-27)35-26/h3-7,9,17,19,21-22,26-31,33-34H,8,10H2,1-2H3/t17-,19-,21-,22-,26-/m0/s1. The highest BCUT2D eigenvalue weighted by Gasteiger charge is 2.45. The molecule has 1 saturated heterocycles. The van der Waals surface area contributed by atoms with E-state index in [0.717, 1.165) is 11.6 Å². The lowest BCUT2D eigenvalue weighted by Crippen LogP contribution is -2.60. The van der Waals surface area contributed by atoms with Crippen LogP contribution in [0.25, 0.3) is 22.3 Å². The van der Waals surface area contributed by atoms with Gasteiger partial charge in [-0.2, -0.15) is 0 Å². The van der Waals surface area contributed by atoms with Gasteiger partial charge in [0.2, 0.25) is 17.5 Å². The number of phenols is 3. The van der Waals surface area contributed by atoms with Crippen LogP contribution in [0.2, 0.25) is 0 Å². The number of benzene rings is 2. The lowest BCUT2D eigenvalue weighted by molar-refractivity contribution is -0.277. The molecule has 1 aliphatic heterocycles. The van der Waals surface area contributed by atoms with Crippen LogP contribution in [-0.4, -0.2) is 73.1 Å². The Kier molecular flexibility index (Phi) is 7.44. The summed E-state index contributed by atoms with van der Waals surface area (Å²) in [5.41, 5.74) is 0.434. The van der Waals surface area contributed by atoms with Gasteiger partial charge in [-0.15, -0.1) is 0 Å². The predicted molar refractivity (Wildman–Crippen MR) is 130 cm³/mol. The van der Waals surface area contributed by atoms with Gasteiger partial charge in [-0.1, -0.05) is 11.6 Å². The molecule has 37 heavy (non-hydrogen) atoms. The Labute approximate surface area is 210 Å². The van der Waals surface area contributed by atoms with Crippen LogP contribution in [0.15, 0.2) is 51.2 Å². The summed E-state index contributed by atoms with van der Waals surface area (Å²) < 4.78 is 17.1. The highest BCUT2D eigenvalue weighted by atomic mass is 16.7. The molecule has 2 aromatic carbocycles. The molecule has 1 aliphatic rings. The van der Waals surface area contributed by atoms with E-state index in [0.29, 0.717) is 0 Å². The van der Waals surface area contributed by atoms with Gasteiger partial charge in [0, 0.05) is 17.2 Å². The monoisotopic (exact) mass is 516 g/mol. The molecule has 0 spiro atoms. The highest BCUT2D eigenvalue weighted by Crippen LogP contribution is 2.40. The summed E-state index contributed by atoms with van der Waals surface area (Å²) >= 11 is 0. The summed E-state index contributed by atoms with van der Waals surface area (Å²) in [6.07, 6.45) is -6.26. The van der Waals surface area contributed by atoms with E-state index in [1.54, 1.807) is 6.08 Å². The van der Waals surface area contributed by atoms with Crippen molar-refractivity contribution in [3.05, 3.63) is 57.8 Å².